The molecule has 0 bridgehead atoms. The lowest BCUT2D eigenvalue weighted by molar-refractivity contribution is 0.0985. The summed E-state index contributed by atoms with van der Waals surface area (Å²) in [5.74, 6) is -0.237. The van der Waals surface area contributed by atoms with Gasteiger partial charge < -0.3 is 4.90 Å². The molecule has 7 heteroatoms. The van der Waals surface area contributed by atoms with Gasteiger partial charge in [0.2, 0.25) is 0 Å². The number of aryl methyl sites for hydroxylation is 1. The van der Waals surface area contributed by atoms with Gasteiger partial charge in [-0.25, -0.2) is 8.42 Å². The first-order valence-corrected chi connectivity index (χ1v) is 11.4. The lowest BCUT2D eigenvalue weighted by Gasteiger charge is -2.30. The maximum Gasteiger partial charge on any atom is 0.264 e. The monoisotopic (exact) mass is 440 g/mol. The molecule has 3 aromatic carbocycles. The second-order valence-electron chi connectivity index (χ2n) is 7.14. The fraction of sp³-hybridized carbons (Fsp3) is 0.174. The van der Waals surface area contributed by atoms with E-state index in [0.29, 0.717) is 12.2 Å². The van der Waals surface area contributed by atoms with Crippen LogP contribution in [0.25, 0.3) is 0 Å². The van der Waals surface area contributed by atoms with Crippen molar-refractivity contribution < 1.29 is 13.2 Å². The van der Waals surface area contributed by atoms with Crippen LogP contribution in [0.5, 0.6) is 0 Å². The minimum absolute atomic E-state index is 0.181. The van der Waals surface area contributed by atoms with E-state index in [9.17, 15) is 13.2 Å². The number of hydrogen-bond acceptors (Lipinski definition) is 3. The largest absolute Gasteiger partial charge is 0.308 e. The minimum atomic E-state index is -3.76. The second-order valence-corrected chi connectivity index (χ2v) is 9.52. The van der Waals surface area contributed by atoms with E-state index in [4.69, 9.17) is 11.6 Å². The van der Waals surface area contributed by atoms with Crippen LogP contribution in [0.2, 0.25) is 5.02 Å². The molecule has 0 saturated carbocycles. The summed E-state index contributed by atoms with van der Waals surface area (Å²) in [6, 6.07) is 20.7. The second kappa shape index (κ2) is 8.13. The molecule has 0 spiro atoms. The van der Waals surface area contributed by atoms with Gasteiger partial charge in [-0.05, 0) is 54.8 Å². The Labute approximate surface area is 181 Å². The van der Waals surface area contributed by atoms with Crippen LogP contribution in [-0.2, 0) is 16.4 Å². The van der Waals surface area contributed by atoms with E-state index in [-0.39, 0.29) is 21.4 Å². The number of para-hydroxylation sites is 1. The smallest absolute Gasteiger partial charge is 0.264 e. The molecular formula is C23H21ClN2O3S. The Balaban J connectivity index is 1.70. The summed E-state index contributed by atoms with van der Waals surface area (Å²) in [6.45, 7) is 0.592. The molecule has 0 aromatic heterocycles. The predicted octanol–water partition coefficient (Wildman–Crippen LogP) is 4.76. The van der Waals surface area contributed by atoms with Gasteiger partial charge in [-0.2, -0.15) is 0 Å². The fourth-order valence-corrected chi connectivity index (χ4v) is 5.06. The van der Waals surface area contributed by atoms with Gasteiger partial charge in [-0.15, -0.1) is 0 Å². The van der Waals surface area contributed by atoms with Gasteiger partial charge in [0.15, 0.2) is 0 Å². The summed E-state index contributed by atoms with van der Waals surface area (Å²) in [7, 11) is -2.29. The van der Waals surface area contributed by atoms with Gasteiger partial charge >= 0.3 is 0 Å². The Bertz CT molecular complexity index is 1200. The average molecular weight is 441 g/mol. The van der Waals surface area contributed by atoms with Crippen LogP contribution in [0.4, 0.5) is 11.4 Å². The number of benzene rings is 3. The molecule has 4 rings (SSSR count). The fourth-order valence-electron chi connectivity index (χ4n) is 3.65. The molecule has 0 atom stereocenters. The van der Waals surface area contributed by atoms with Gasteiger partial charge in [0.25, 0.3) is 15.9 Å². The number of anilines is 2. The highest BCUT2D eigenvalue weighted by Crippen LogP contribution is 2.32. The zero-order valence-corrected chi connectivity index (χ0v) is 18.0. The molecule has 154 valence electrons. The minimum Gasteiger partial charge on any atom is -0.308 e. The summed E-state index contributed by atoms with van der Waals surface area (Å²) < 4.78 is 27.1. The number of rotatable bonds is 4. The zero-order chi connectivity index (χ0) is 21.3. The third kappa shape index (κ3) is 3.68. The maximum atomic E-state index is 13.4. The number of amides is 1. The van der Waals surface area contributed by atoms with E-state index < -0.39 is 10.0 Å². The van der Waals surface area contributed by atoms with Crippen molar-refractivity contribution >= 4 is 38.9 Å². The molecule has 1 aliphatic rings. The van der Waals surface area contributed by atoms with Gasteiger partial charge in [0.05, 0.1) is 21.2 Å². The number of halogens is 1. The van der Waals surface area contributed by atoms with E-state index in [1.54, 1.807) is 53.4 Å². The van der Waals surface area contributed by atoms with Crippen molar-refractivity contribution in [3.05, 3.63) is 88.9 Å². The van der Waals surface area contributed by atoms with E-state index in [1.807, 2.05) is 24.3 Å². The highest BCUT2D eigenvalue weighted by molar-refractivity contribution is 7.92. The molecule has 1 heterocycles. The van der Waals surface area contributed by atoms with Gasteiger partial charge in [0, 0.05) is 19.3 Å². The molecule has 1 amide bonds. The zero-order valence-electron chi connectivity index (χ0n) is 16.5. The van der Waals surface area contributed by atoms with Crippen molar-refractivity contribution in [2.24, 2.45) is 0 Å². The van der Waals surface area contributed by atoms with Crippen LogP contribution in [-0.4, -0.2) is 27.9 Å². The summed E-state index contributed by atoms with van der Waals surface area (Å²) in [5.41, 5.74) is 2.64. The SMILES string of the molecule is CN(c1ccc(Cl)c(C(=O)N2CCCc3ccccc32)c1)S(=O)(=O)c1ccccc1. The molecule has 0 fully saturated rings. The number of carbonyl (C=O) groups excluding carboxylic acids is 1. The Kier molecular flexibility index (Phi) is 5.54. The van der Waals surface area contributed by atoms with Crippen LogP contribution in [0.1, 0.15) is 22.3 Å². The molecule has 3 aromatic rings. The molecular weight excluding hydrogens is 420 g/mol. The molecule has 0 aliphatic carbocycles. The van der Waals surface area contributed by atoms with Crippen LogP contribution in [0, 0.1) is 0 Å². The van der Waals surface area contributed by atoms with Crippen LogP contribution >= 0.6 is 11.6 Å². The number of hydrogen-bond donors (Lipinski definition) is 0. The van der Waals surface area contributed by atoms with E-state index >= 15 is 0 Å². The van der Waals surface area contributed by atoms with Gasteiger partial charge in [-0.1, -0.05) is 48.0 Å². The molecule has 5 nitrogen and oxygen atoms in total. The summed E-state index contributed by atoms with van der Waals surface area (Å²) in [5, 5.41) is 0.289. The Morgan fingerprint density at radius 2 is 1.70 bits per heavy atom. The van der Waals surface area contributed by atoms with Crippen LogP contribution in [0.15, 0.2) is 77.7 Å². The first kappa shape index (κ1) is 20.4. The normalized spacial score (nSPS) is 13.6. The highest BCUT2D eigenvalue weighted by atomic mass is 35.5. The van der Waals surface area contributed by atoms with Gasteiger partial charge in [0.1, 0.15) is 0 Å². The number of fused-ring (bicyclic) bond motifs is 1. The van der Waals surface area contributed by atoms with Crippen LogP contribution in [0.3, 0.4) is 0 Å². The number of sulfonamides is 1. The van der Waals surface area contributed by atoms with Crippen LogP contribution < -0.4 is 9.21 Å². The topological polar surface area (TPSA) is 57.7 Å². The molecule has 0 N–H and O–H groups in total. The van der Waals surface area contributed by atoms with Crippen molar-refractivity contribution in [1.82, 2.24) is 0 Å². The summed E-state index contributed by atoms with van der Waals surface area (Å²) in [6.07, 6.45) is 1.79. The number of nitrogens with zero attached hydrogens (tertiary/aromatic N) is 2. The Morgan fingerprint density at radius 3 is 2.47 bits per heavy atom. The summed E-state index contributed by atoms with van der Waals surface area (Å²) in [4.78, 5) is 15.2. The molecule has 0 radical (unpaired) electrons. The van der Waals surface area contributed by atoms with Crippen molar-refractivity contribution in [3.63, 3.8) is 0 Å². The average Bonchev–Trinajstić information content (AvgIpc) is 2.78. The third-order valence-electron chi connectivity index (χ3n) is 5.30. The predicted molar refractivity (Wildman–Crippen MR) is 120 cm³/mol. The quantitative estimate of drug-likeness (QED) is 0.587. The molecule has 1 aliphatic heterocycles. The summed E-state index contributed by atoms with van der Waals surface area (Å²) >= 11 is 6.36. The lowest BCUT2D eigenvalue weighted by atomic mass is 10.0. The lowest BCUT2D eigenvalue weighted by Crippen LogP contribution is -2.35. The van der Waals surface area contributed by atoms with Crippen molar-refractivity contribution in [2.45, 2.75) is 17.7 Å². The van der Waals surface area contributed by atoms with E-state index in [2.05, 4.69) is 0 Å². The highest BCUT2D eigenvalue weighted by Gasteiger charge is 2.27. The third-order valence-corrected chi connectivity index (χ3v) is 7.43. The Hall–Kier alpha value is -2.83. The van der Waals surface area contributed by atoms with E-state index in [0.717, 1.165) is 24.1 Å². The van der Waals surface area contributed by atoms with Gasteiger partial charge in [-0.3, -0.25) is 9.10 Å². The first-order valence-electron chi connectivity index (χ1n) is 9.63. The molecule has 0 unspecified atom stereocenters. The van der Waals surface area contributed by atoms with Crippen molar-refractivity contribution in [2.75, 3.05) is 22.8 Å². The number of carbonyl (C=O) groups is 1. The Morgan fingerprint density at radius 1 is 1.00 bits per heavy atom. The van der Waals surface area contributed by atoms with Crippen molar-refractivity contribution in [1.29, 1.82) is 0 Å². The maximum absolute atomic E-state index is 13.4. The van der Waals surface area contributed by atoms with Crippen molar-refractivity contribution in [3.8, 4) is 0 Å². The van der Waals surface area contributed by atoms with E-state index in [1.165, 1.54) is 11.4 Å². The standard InChI is InChI=1S/C23H21ClN2O3S/c1-25(30(28,29)19-10-3-2-4-11-19)18-13-14-21(24)20(16-18)23(27)26-15-7-9-17-8-5-6-12-22(17)26/h2-6,8,10-14,16H,7,9,15H2,1H3. The molecule has 0 saturated heterocycles. The molecule has 30 heavy (non-hydrogen) atoms. The first-order chi connectivity index (χ1) is 14.4.